The third-order valence-corrected chi connectivity index (χ3v) is 2.86. The minimum absolute atomic E-state index is 0.209. The molecule has 0 aromatic heterocycles. The maximum Gasteiger partial charge on any atom is 0.390 e. The summed E-state index contributed by atoms with van der Waals surface area (Å²) in [6.45, 7) is -0.356. The summed E-state index contributed by atoms with van der Waals surface area (Å²) in [6.07, 6.45) is -1.84. The smallest absolute Gasteiger partial charge is 0.355 e. The molecule has 1 amide bonds. The van der Waals surface area contributed by atoms with E-state index >= 15 is 0 Å². The Hall–Kier alpha value is -0.780. The largest absolute Gasteiger partial charge is 0.390 e. The summed E-state index contributed by atoms with van der Waals surface area (Å²) in [6, 6.07) is -0.209. The zero-order valence-corrected chi connectivity index (χ0v) is 9.02. The van der Waals surface area contributed by atoms with E-state index in [0.29, 0.717) is 6.42 Å². The first-order valence-corrected chi connectivity index (χ1v) is 5.50. The number of amides is 1. The quantitative estimate of drug-likeness (QED) is 0.784. The van der Waals surface area contributed by atoms with Crippen LogP contribution in [0, 0.1) is 5.92 Å². The van der Waals surface area contributed by atoms with Crippen molar-refractivity contribution >= 4 is 5.91 Å². The van der Waals surface area contributed by atoms with Gasteiger partial charge in [-0.15, -0.1) is 0 Å². The van der Waals surface area contributed by atoms with Crippen molar-refractivity contribution in [2.75, 3.05) is 6.54 Å². The van der Waals surface area contributed by atoms with Crippen LogP contribution in [0.5, 0.6) is 0 Å². The molecule has 0 aromatic carbocycles. The molecule has 0 aromatic rings. The van der Waals surface area contributed by atoms with Crippen LogP contribution in [0.4, 0.5) is 13.2 Å². The van der Waals surface area contributed by atoms with Gasteiger partial charge in [0.25, 0.3) is 0 Å². The fourth-order valence-corrected chi connectivity index (χ4v) is 1.94. The molecule has 2 atom stereocenters. The van der Waals surface area contributed by atoms with Crippen molar-refractivity contribution in [2.24, 2.45) is 11.7 Å². The highest BCUT2D eigenvalue weighted by molar-refractivity contribution is 5.79. The molecule has 2 unspecified atom stereocenters. The molecule has 0 aliphatic heterocycles. The van der Waals surface area contributed by atoms with Crippen LogP contribution in [0.1, 0.15) is 32.1 Å². The Kier molecular flexibility index (Phi) is 4.58. The molecule has 0 bridgehead atoms. The molecule has 1 saturated carbocycles. The molecule has 0 heterocycles. The first-order valence-electron chi connectivity index (χ1n) is 5.50. The van der Waals surface area contributed by atoms with Gasteiger partial charge in [-0.1, -0.05) is 12.8 Å². The summed E-state index contributed by atoms with van der Waals surface area (Å²) in [5, 5.41) is 2.30. The summed E-state index contributed by atoms with van der Waals surface area (Å²) in [5.74, 6) is -0.654. The summed E-state index contributed by atoms with van der Waals surface area (Å²) < 4.78 is 35.5. The number of alkyl halides is 3. The van der Waals surface area contributed by atoms with Crippen molar-refractivity contribution in [3.8, 4) is 0 Å². The minimum Gasteiger partial charge on any atom is -0.355 e. The Balaban J connectivity index is 2.29. The Morgan fingerprint density at radius 1 is 1.31 bits per heavy atom. The fourth-order valence-electron chi connectivity index (χ4n) is 1.94. The van der Waals surface area contributed by atoms with Gasteiger partial charge >= 0.3 is 6.18 Å². The molecule has 16 heavy (non-hydrogen) atoms. The van der Waals surface area contributed by atoms with Crippen LogP contribution in [0.3, 0.4) is 0 Å². The second-order valence-corrected chi connectivity index (χ2v) is 4.21. The van der Waals surface area contributed by atoms with Gasteiger partial charge < -0.3 is 11.1 Å². The highest BCUT2D eigenvalue weighted by Crippen LogP contribution is 2.23. The minimum atomic E-state index is -4.22. The van der Waals surface area contributed by atoms with Gasteiger partial charge in [-0.05, 0) is 12.8 Å². The molecule has 1 aliphatic rings. The highest BCUT2D eigenvalue weighted by atomic mass is 19.4. The van der Waals surface area contributed by atoms with Crippen LogP contribution in [-0.4, -0.2) is 24.7 Å². The predicted molar refractivity (Wildman–Crippen MR) is 53.6 cm³/mol. The Morgan fingerprint density at radius 3 is 2.50 bits per heavy atom. The number of hydrogen-bond donors (Lipinski definition) is 2. The van der Waals surface area contributed by atoms with E-state index in [1.165, 1.54) is 0 Å². The zero-order valence-electron chi connectivity index (χ0n) is 9.02. The zero-order chi connectivity index (χ0) is 12.2. The lowest BCUT2D eigenvalue weighted by molar-refractivity contribution is -0.137. The number of hydrogen-bond acceptors (Lipinski definition) is 2. The number of nitrogens with two attached hydrogens (primary N) is 1. The summed E-state index contributed by atoms with van der Waals surface area (Å²) in [7, 11) is 0. The van der Waals surface area contributed by atoms with Crippen LogP contribution in [0.25, 0.3) is 0 Å². The topological polar surface area (TPSA) is 55.1 Å². The average molecular weight is 238 g/mol. The molecular formula is C10H17F3N2O. The maximum absolute atomic E-state index is 11.8. The summed E-state index contributed by atoms with van der Waals surface area (Å²) in [5.41, 5.74) is 5.75. The van der Waals surface area contributed by atoms with Crippen molar-refractivity contribution < 1.29 is 18.0 Å². The number of rotatable bonds is 3. The number of halogens is 3. The van der Waals surface area contributed by atoms with Gasteiger partial charge in [0.05, 0.1) is 12.3 Å². The van der Waals surface area contributed by atoms with E-state index in [4.69, 9.17) is 5.73 Å². The predicted octanol–water partition coefficient (Wildman–Crippen LogP) is 1.57. The van der Waals surface area contributed by atoms with Crippen LogP contribution in [0.15, 0.2) is 0 Å². The average Bonchev–Trinajstić information content (AvgIpc) is 2.16. The lowest BCUT2D eigenvalue weighted by Gasteiger charge is -2.27. The van der Waals surface area contributed by atoms with Gasteiger partial charge in [0, 0.05) is 12.6 Å². The van der Waals surface area contributed by atoms with Gasteiger partial charge in [0.1, 0.15) is 0 Å². The molecule has 1 aliphatic carbocycles. The molecule has 3 N–H and O–H groups in total. The SMILES string of the molecule is NC1CCCCC1C(=O)NCCC(F)(F)F. The molecule has 1 rings (SSSR count). The summed E-state index contributed by atoms with van der Waals surface area (Å²) in [4.78, 5) is 11.5. The van der Waals surface area contributed by atoms with E-state index in [9.17, 15) is 18.0 Å². The van der Waals surface area contributed by atoms with Crippen molar-refractivity contribution in [1.29, 1.82) is 0 Å². The van der Waals surface area contributed by atoms with Gasteiger partial charge in [0.15, 0.2) is 0 Å². The molecule has 1 fully saturated rings. The van der Waals surface area contributed by atoms with Crippen molar-refractivity contribution in [3.63, 3.8) is 0 Å². The van der Waals surface area contributed by atoms with E-state index in [1.807, 2.05) is 0 Å². The monoisotopic (exact) mass is 238 g/mol. The first-order chi connectivity index (χ1) is 7.40. The molecule has 94 valence electrons. The van der Waals surface area contributed by atoms with E-state index in [-0.39, 0.29) is 24.4 Å². The molecule has 6 heteroatoms. The molecule has 0 saturated heterocycles. The second-order valence-electron chi connectivity index (χ2n) is 4.21. The second kappa shape index (κ2) is 5.52. The van der Waals surface area contributed by atoms with Crippen LogP contribution in [-0.2, 0) is 4.79 Å². The third kappa shape index (κ3) is 4.38. The van der Waals surface area contributed by atoms with Crippen molar-refractivity contribution in [2.45, 2.75) is 44.3 Å². The first kappa shape index (κ1) is 13.3. The van der Waals surface area contributed by atoms with Crippen LogP contribution < -0.4 is 11.1 Å². The van der Waals surface area contributed by atoms with Crippen LogP contribution >= 0.6 is 0 Å². The van der Waals surface area contributed by atoms with Crippen molar-refractivity contribution in [1.82, 2.24) is 5.32 Å². The Morgan fingerprint density at radius 2 is 1.94 bits per heavy atom. The lowest BCUT2D eigenvalue weighted by atomic mass is 9.84. The van der Waals surface area contributed by atoms with E-state index in [1.54, 1.807) is 0 Å². The number of carbonyl (C=O) groups is 1. The molecule has 0 radical (unpaired) electrons. The van der Waals surface area contributed by atoms with Gasteiger partial charge in [-0.2, -0.15) is 13.2 Å². The normalized spacial score (nSPS) is 26.5. The highest BCUT2D eigenvalue weighted by Gasteiger charge is 2.30. The fraction of sp³-hybridized carbons (Fsp3) is 0.900. The standard InChI is InChI=1S/C10H17F3N2O/c11-10(12,13)5-6-15-9(16)7-3-1-2-4-8(7)14/h7-8H,1-6,14H2,(H,15,16). The van der Waals surface area contributed by atoms with E-state index in [0.717, 1.165) is 19.3 Å². The summed E-state index contributed by atoms with van der Waals surface area (Å²) >= 11 is 0. The number of carbonyl (C=O) groups excluding carboxylic acids is 1. The van der Waals surface area contributed by atoms with Gasteiger partial charge in [-0.3, -0.25) is 4.79 Å². The van der Waals surface area contributed by atoms with E-state index < -0.39 is 12.6 Å². The number of nitrogens with one attached hydrogen (secondary N) is 1. The Labute approximate surface area is 92.6 Å². The van der Waals surface area contributed by atoms with E-state index in [2.05, 4.69) is 5.32 Å². The van der Waals surface area contributed by atoms with Gasteiger partial charge in [0.2, 0.25) is 5.91 Å². The maximum atomic E-state index is 11.8. The Bertz CT molecular complexity index is 243. The molecular weight excluding hydrogens is 221 g/mol. The lowest BCUT2D eigenvalue weighted by Crippen LogP contribution is -2.44. The third-order valence-electron chi connectivity index (χ3n) is 2.86. The van der Waals surface area contributed by atoms with Crippen molar-refractivity contribution in [3.05, 3.63) is 0 Å². The van der Waals surface area contributed by atoms with Gasteiger partial charge in [-0.25, -0.2) is 0 Å². The molecule has 0 spiro atoms. The van der Waals surface area contributed by atoms with Crippen LogP contribution in [0.2, 0.25) is 0 Å². The molecule has 3 nitrogen and oxygen atoms in total.